The van der Waals surface area contributed by atoms with E-state index in [9.17, 15) is 4.79 Å². The molecule has 18 heavy (non-hydrogen) atoms. The molecule has 0 fully saturated rings. The van der Waals surface area contributed by atoms with Gasteiger partial charge in [0.05, 0.1) is 17.7 Å². The molecule has 1 atom stereocenters. The van der Waals surface area contributed by atoms with Gasteiger partial charge in [-0.25, -0.2) is 0 Å². The highest BCUT2D eigenvalue weighted by Crippen LogP contribution is 2.09. The number of ketones is 1. The molecule has 0 bridgehead atoms. The van der Waals surface area contributed by atoms with Gasteiger partial charge in [0, 0.05) is 5.56 Å². The molecule has 0 amide bonds. The van der Waals surface area contributed by atoms with E-state index in [4.69, 9.17) is 10.00 Å². The molecular weight excluding hydrogens is 226 g/mol. The Hall–Kier alpha value is -1.66. The molecule has 0 aliphatic heterocycles. The topological polar surface area (TPSA) is 50.1 Å². The SMILES string of the molecule is CC(C)CC(C)OCC(=O)c1ccc(C#N)cc1. The summed E-state index contributed by atoms with van der Waals surface area (Å²) in [7, 11) is 0. The van der Waals surface area contributed by atoms with Gasteiger partial charge in [-0.05, 0) is 31.4 Å². The fraction of sp³-hybridized carbons (Fsp3) is 0.467. The Kier molecular flexibility index (Phi) is 5.54. The second-order valence-electron chi connectivity index (χ2n) is 4.86. The van der Waals surface area contributed by atoms with Gasteiger partial charge in [-0.2, -0.15) is 5.26 Å². The molecule has 0 saturated carbocycles. The van der Waals surface area contributed by atoms with Crippen LogP contribution < -0.4 is 0 Å². The van der Waals surface area contributed by atoms with Crippen LogP contribution in [0.4, 0.5) is 0 Å². The Morgan fingerprint density at radius 3 is 2.39 bits per heavy atom. The van der Waals surface area contributed by atoms with Crippen molar-refractivity contribution in [3.63, 3.8) is 0 Å². The lowest BCUT2D eigenvalue weighted by molar-refractivity contribution is 0.0445. The molecule has 1 aromatic carbocycles. The highest BCUT2D eigenvalue weighted by Gasteiger charge is 2.10. The van der Waals surface area contributed by atoms with Gasteiger partial charge in [0.1, 0.15) is 6.61 Å². The van der Waals surface area contributed by atoms with Crippen LogP contribution in [0.15, 0.2) is 24.3 Å². The zero-order valence-electron chi connectivity index (χ0n) is 11.1. The molecule has 0 aliphatic rings. The molecule has 0 saturated heterocycles. The average molecular weight is 245 g/mol. The quantitative estimate of drug-likeness (QED) is 0.723. The molecule has 1 aromatic rings. The summed E-state index contributed by atoms with van der Waals surface area (Å²) in [5.41, 5.74) is 1.14. The Labute approximate surface area is 108 Å². The van der Waals surface area contributed by atoms with Crippen LogP contribution in [-0.2, 0) is 4.74 Å². The largest absolute Gasteiger partial charge is 0.370 e. The van der Waals surface area contributed by atoms with Crippen LogP contribution in [0, 0.1) is 17.2 Å². The molecule has 3 heteroatoms. The zero-order valence-corrected chi connectivity index (χ0v) is 11.1. The molecule has 0 N–H and O–H groups in total. The molecule has 0 heterocycles. The van der Waals surface area contributed by atoms with Gasteiger partial charge in [-0.3, -0.25) is 4.79 Å². The number of hydrogen-bond acceptors (Lipinski definition) is 3. The van der Waals surface area contributed by atoms with Gasteiger partial charge in [-0.15, -0.1) is 0 Å². The smallest absolute Gasteiger partial charge is 0.188 e. The minimum Gasteiger partial charge on any atom is -0.370 e. The number of carbonyl (C=O) groups is 1. The van der Waals surface area contributed by atoms with E-state index in [2.05, 4.69) is 13.8 Å². The maximum atomic E-state index is 11.8. The monoisotopic (exact) mass is 245 g/mol. The molecule has 1 rings (SSSR count). The van der Waals surface area contributed by atoms with Gasteiger partial charge < -0.3 is 4.74 Å². The van der Waals surface area contributed by atoms with Crippen molar-refractivity contribution in [2.75, 3.05) is 6.61 Å². The zero-order chi connectivity index (χ0) is 13.5. The summed E-state index contributed by atoms with van der Waals surface area (Å²) >= 11 is 0. The van der Waals surface area contributed by atoms with Gasteiger partial charge in [-0.1, -0.05) is 26.0 Å². The van der Waals surface area contributed by atoms with E-state index in [1.165, 1.54) is 0 Å². The first kappa shape index (κ1) is 14.4. The highest BCUT2D eigenvalue weighted by molar-refractivity contribution is 5.97. The number of hydrogen-bond donors (Lipinski definition) is 0. The lowest BCUT2D eigenvalue weighted by atomic mass is 10.1. The lowest BCUT2D eigenvalue weighted by Crippen LogP contribution is -2.17. The van der Waals surface area contributed by atoms with E-state index in [1.54, 1.807) is 24.3 Å². The predicted molar refractivity (Wildman–Crippen MR) is 70.4 cm³/mol. The fourth-order valence-corrected chi connectivity index (χ4v) is 1.76. The van der Waals surface area contributed by atoms with E-state index in [-0.39, 0.29) is 18.5 Å². The highest BCUT2D eigenvalue weighted by atomic mass is 16.5. The number of benzene rings is 1. The normalized spacial score (nSPS) is 12.2. The van der Waals surface area contributed by atoms with Crippen molar-refractivity contribution in [2.45, 2.75) is 33.3 Å². The van der Waals surface area contributed by atoms with E-state index in [0.717, 1.165) is 6.42 Å². The molecule has 96 valence electrons. The third kappa shape index (κ3) is 4.68. The van der Waals surface area contributed by atoms with E-state index >= 15 is 0 Å². The van der Waals surface area contributed by atoms with Gasteiger partial charge in [0.25, 0.3) is 0 Å². The average Bonchev–Trinajstić information content (AvgIpc) is 2.35. The van der Waals surface area contributed by atoms with Gasteiger partial charge in [0.15, 0.2) is 5.78 Å². The Morgan fingerprint density at radius 1 is 1.28 bits per heavy atom. The molecule has 0 aromatic heterocycles. The maximum absolute atomic E-state index is 11.8. The van der Waals surface area contributed by atoms with Gasteiger partial charge >= 0.3 is 0 Å². The van der Waals surface area contributed by atoms with Crippen LogP contribution in [0.5, 0.6) is 0 Å². The Morgan fingerprint density at radius 2 is 1.89 bits per heavy atom. The first-order valence-corrected chi connectivity index (χ1v) is 6.18. The van der Waals surface area contributed by atoms with E-state index in [1.807, 2.05) is 13.0 Å². The van der Waals surface area contributed by atoms with Crippen LogP contribution in [0.2, 0.25) is 0 Å². The van der Waals surface area contributed by atoms with Crippen molar-refractivity contribution >= 4 is 5.78 Å². The second-order valence-corrected chi connectivity index (χ2v) is 4.86. The van der Waals surface area contributed by atoms with Crippen molar-refractivity contribution in [1.29, 1.82) is 5.26 Å². The number of nitrogens with zero attached hydrogens (tertiary/aromatic N) is 1. The molecular formula is C15H19NO2. The first-order valence-electron chi connectivity index (χ1n) is 6.18. The van der Waals surface area contributed by atoms with Crippen molar-refractivity contribution in [1.82, 2.24) is 0 Å². The van der Waals surface area contributed by atoms with E-state index < -0.39 is 0 Å². The maximum Gasteiger partial charge on any atom is 0.188 e. The van der Waals surface area contributed by atoms with Crippen LogP contribution in [-0.4, -0.2) is 18.5 Å². The third-order valence-corrected chi connectivity index (χ3v) is 2.64. The summed E-state index contributed by atoms with van der Waals surface area (Å²) in [5.74, 6) is 0.514. The number of rotatable bonds is 6. The number of nitriles is 1. The number of carbonyl (C=O) groups excluding carboxylic acids is 1. The predicted octanol–water partition coefficient (Wildman–Crippen LogP) is 3.19. The standard InChI is InChI=1S/C15H19NO2/c1-11(2)8-12(3)18-10-15(17)14-6-4-13(9-16)5-7-14/h4-7,11-12H,8,10H2,1-3H3. The summed E-state index contributed by atoms with van der Waals surface area (Å²) in [4.78, 5) is 11.8. The summed E-state index contributed by atoms with van der Waals surface area (Å²) < 4.78 is 5.51. The van der Waals surface area contributed by atoms with Crippen LogP contribution in [0.1, 0.15) is 43.1 Å². The second kappa shape index (κ2) is 6.93. The Bertz CT molecular complexity index is 429. The summed E-state index contributed by atoms with van der Waals surface area (Å²) in [6.07, 6.45) is 1.04. The molecule has 0 spiro atoms. The lowest BCUT2D eigenvalue weighted by Gasteiger charge is -2.14. The van der Waals surface area contributed by atoms with E-state index in [0.29, 0.717) is 17.0 Å². The van der Waals surface area contributed by atoms with Gasteiger partial charge in [0.2, 0.25) is 0 Å². The Balaban J connectivity index is 2.47. The summed E-state index contributed by atoms with van der Waals surface area (Å²) in [6, 6.07) is 8.64. The minimum atomic E-state index is -0.0462. The van der Waals surface area contributed by atoms with Crippen molar-refractivity contribution in [2.24, 2.45) is 5.92 Å². The van der Waals surface area contributed by atoms with Crippen LogP contribution in [0.3, 0.4) is 0 Å². The van der Waals surface area contributed by atoms with Crippen molar-refractivity contribution in [3.05, 3.63) is 35.4 Å². The third-order valence-electron chi connectivity index (χ3n) is 2.64. The summed E-state index contributed by atoms with van der Waals surface area (Å²) in [5, 5.41) is 8.67. The molecule has 0 aliphatic carbocycles. The van der Waals surface area contributed by atoms with Crippen molar-refractivity contribution < 1.29 is 9.53 Å². The first-order chi connectivity index (χ1) is 8.52. The minimum absolute atomic E-state index is 0.0462. The molecule has 0 radical (unpaired) electrons. The number of Topliss-reactive ketones (excluding diaryl/α,β-unsaturated/α-hetero) is 1. The molecule has 3 nitrogen and oxygen atoms in total. The van der Waals surface area contributed by atoms with Crippen LogP contribution in [0.25, 0.3) is 0 Å². The summed E-state index contributed by atoms with van der Waals surface area (Å²) in [6.45, 7) is 6.33. The van der Waals surface area contributed by atoms with Crippen molar-refractivity contribution in [3.8, 4) is 6.07 Å². The van der Waals surface area contributed by atoms with Crippen LogP contribution >= 0.6 is 0 Å². The number of ether oxygens (including phenoxy) is 1. The fourth-order valence-electron chi connectivity index (χ4n) is 1.76. The molecule has 1 unspecified atom stereocenters.